The molecule has 1 unspecified atom stereocenters. The summed E-state index contributed by atoms with van der Waals surface area (Å²) in [6.45, 7) is 3.96. The zero-order valence-electron chi connectivity index (χ0n) is 8.25. The Hall–Kier alpha value is -1.22. The lowest BCUT2D eigenvalue weighted by atomic mass is 9.93. The molecule has 76 valence electrons. The van der Waals surface area contributed by atoms with Gasteiger partial charge >= 0.3 is 0 Å². The minimum Gasteiger partial charge on any atom is -0.504 e. The van der Waals surface area contributed by atoms with Gasteiger partial charge in [0.1, 0.15) is 0 Å². The van der Waals surface area contributed by atoms with Gasteiger partial charge in [-0.2, -0.15) is 0 Å². The third kappa shape index (κ3) is 1.55. The summed E-state index contributed by atoms with van der Waals surface area (Å²) in [6.07, 6.45) is 1.10. The minimum absolute atomic E-state index is 0.0162. The fourth-order valence-electron chi connectivity index (χ4n) is 2.06. The molecular weight excluding hydrogens is 178 g/mol. The second kappa shape index (κ2) is 3.50. The Morgan fingerprint density at radius 3 is 2.64 bits per heavy atom. The molecule has 0 bridgehead atoms. The molecule has 1 aromatic carbocycles. The molecule has 0 aliphatic carbocycles. The lowest BCUT2D eigenvalue weighted by Crippen LogP contribution is -2.08. The number of aryl methyl sites for hydroxylation is 1. The maximum absolute atomic E-state index is 9.41. The van der Waals surface area contributed by atoms with E-state index in [2.05, 4.69) is 5.32 Å². The number of phenols is 2. The number of hydrogen-bond donors (Lipinski definition) is 3. The highest BCUT2D eigenvalue weighted by Crippen LogP contribution is 2.33. The van der Waals surface area contributed by atoms with Gasteiger partial charge in [0, 0.05) is 6.54 Å². The second-order valence-corrected chi connectivity index (χ2v) is 3.89. The monoisotopic (exact) mass is 193 g/mol. The molecule has 3 N–H and O–H groups in total. The summed E-state index contributed by atoms with van der Waals surface area (Å²) in [5, 5.41) is 22.0. The highest BCUT2D eigenvalue weighted by molar-refractivity contribution is 5.46. The van der Waals surface area contributed by atoms with E-state index in [1.54, 1.807) is 12.1 Å². The van der Waals surface area contributed by atoms with Crippen molar-refractivity contribution < 1.29 is 10.2 Å². The first kappa shape index (κ1) is 9.34. The van der Waals surface area contributed by atoms with E-state index >= 15 is 0 Å². The van der Waals surface area contributed by atoms with Crippen LogP contribution in [0.1, 0.15) is 23.5 Å². The molecule has 0 radical (unpaired) electrons. The third-order valence-electron chi connectivity index (χ3n) is 2.86. The van der Waals surface area contributed by atoms with E-state index in [9.17, 15) is 10.2 Å². The summed E-state index contributed by atoms with van der Waals surface area (Å²) in [7, 11) is 0. The van der Waals surface area contributed by atoms with Crippen molar-refractivity contribution in [3.63, 3.8) is 0 Å². The summed E-state index contributed by atoms with van der Waals surface area (Å²) in [5.74, 6) is 0.427. The van der Waals surface area contributed by atoms with Gasteiger partial charge in [-0.05, 0) is 49.1 Å². The maximum atomic E-state index is 9.41. The molecule has 1 aromatic rings. The Morgan fingerprint density at radius 1 is 1.29 bits per heavy atom. The topological polar surface area (TPSA) is 52.5 Å². The largest absolute Gasteiger partial charge is 0.504 e. The predicted octanol–water partition coefficient (Wildman–Crippen LogP) is 1.48. The molecule has 3 heteroatoms. The smallest absolute Gasteiger partial charge is 0.157 e. The molecule has 0 spiro atoms. The first-order valence-corrected chi connectivity index (χ1v) is 4.91. The molecular formula is C11H15NO2. The first-order chi connectivity index (χ1) is 6.68. The zero-order chi connectivity index (χ0) is 10.1. The fourth-order valence-corrected chi connectivity index (χ4v) is 2.06. The van der Waals surface area contributed by atoms with E-state index < -0.39 is 0 Å². The van der Waals surface area contributed by atoms with Gasteiger partial charge in [-0.25, -0.2) is 0 Å². The molecule has 1 fully saturated rings. The molecule has 1 aliphatic heterocycles. The van der Waals surface area contributed by atoms with Gasteiger partial charge < -0.3 is 15.5 Å². The first-order valence-electron chi connectivity index (χ1n) is 4.91. The van der Waals surface area contributed by atoms with Crippen molar-refractivity contribution in [1.29, 1.82) is 0 Å². The van der Waals surface area contributed by atoms with Crippen LogP contribution >= 0.6 is 0 Å². The van der Waals surface area contributed by atoms with Crippen molar-refractivity contribution in [2.75, 3.05) is 13.1 Å². The SMILES string of the molecule is Cc1cc(O)c(O)cc1C1CCNC1. The summed E-state index contributed by atoms with van der Waals surface area (Å²) in [4.78, 5) is 0. The summed E-state index contributed by atoms with van der Waals surface area (Å²) < 4.78 is 0. The van der Waals surface area contributed by atoms with Crippen molar-refractivity contribution in [2.24, 2.45) is 0 Å². The van der Waals surface area contributed by atoms with E-state index in [1.165, 1.54) is 0 Å². The lowest BCUT2D eigenvalue weighted by Gasteiger charge is -2.13. The Morgan fingerprint density at radius 2 is 2.00 bits per heavy atom. The van der Waals surface area contributed by atoms with Crippen molar-refractivity contribution in [1.82, 2.24) is 5.32 Å². The Labute approximate surface area is 83.4 Å². The van der Waals surface area contributed by atoms with E-state index in [0.29, 0.717) is 5.92 Å². The average molecular weight is 193 g/mol. The number of benzene rings is 1. The molecule has 0 saturated carbocycles. The highest BCUT2D eigenvalue weighted by atomic mass is 16.3. The van der Waals surface area contributed by atoms with Gasteiger partial charge in [-0.15, -0.1) is 0 Å². The van der Waals surface area contributed by atoms with Crippen LogP contribution in [0.25, 0.3) is 0 Å². The normalized spacial score (nSPS) is 21.4. The molecule has 14 heavy (non-hydrogen) atoms. The van der Waals surface area contributed by atoms with Gasteiger partial charge in [0.25, 0.3) is 0 Å². The van der Waals surface area contributed by atoms with Gasteiger partial charge in [0.2, 0.25) is 0 Å². The quantitative estimate of drug-likeness (QED) is 0.592. The summed E-state index contributed by atoms with van der Waals surface area (Å²) in [5.41, 5.74) is 2.19. The molecule has 1 aliphatic rings. The Balaban J connectivity index is 2.37. The minimum atomic E-state index is -0.0304. The van der Waals surface area contributed by atoms with Crippen LogP contribution in [0.2, 0.25) is 0 Å². The van der Waals surface area contributed by atoms with E-state index in [4.69, 9.17) is 0 Å². The summed E-state index contributed by atoms with van der Waals surface area (Å²) in [6, 6.07) is 3.31. The second-order valence-electron chi connectivity index (χ2n) is 3.89. The van der Waals surface area contributed by atoms with E-state index in [-0.39, 0.29) is 11.5 Å². The molecule has 0 amide bonds. The molecule has 1 atom stereocenters. The van der Waals surface area contributed by atoms with Crippen molar-refractivity contribution in [2.45, 2.75) is 19.3 Å². The van der Waals surface area contributed by atoms with Crippen LogP contribution in [0.15, 0.2) is 12.1 Å². The summed E-state index contributed by atoms with van der Waals surface area (Å²) >= 11 is 0. The number of nitrogens with one attached hydrogen (secondary N) is 1. The fraction of sp³-hybridized carbons (Fsp3) is 0.455. The van der Waals surface area contributed by atoms with Crippen LogP contribution in [0, 0.1) is 6.92 Å². The van der Waals surface area contributed by atoms with Crippen molar-refractivity contribution in [3.05, 3.63) is 23.3 Å². The average Bonchev–Trinajstić information content (AvgIpc) is 2.64. The zero-order valence-corrected chi connectivity index (χ0v) is 8.25. The van der Waals surface area contributed by atoms with Gasteiger partial charge in [0.15, 0.2) is 11.5 Å². The van der Waals surface area contributed by atoms with Gasteiger partial charge in [0.05, 0.1) is 0 Å². The highest BCUT2D eigenvalue weighted by Gasteiger charge is 2.19. The van der Waals surface area contributed by atoms with Crippen LogP contribution in [-0.2, 0) is 0 Å². The van der Waals surface area contributed by atoms with E-state index in [0.717, 1.165) is 30.6 Å². The Bertz CT molecular complexity index is 343. The predicted molar refractivity (Wildman–Crippen MR) is 54.7 cm³/mol. The molecule has 1 heterocycles. The Kier molecular flexibility index (Phi) is 2.33. The molecule has 2 rings (SSSR count). The third-order valence-corrected chi connectivity index (χ3v) is 2.86. The van der Waals surface area contributed by atoms with E-state index in [1.807, 2.05) is 6.92 Å². The van der Waals surface area contributed by atoms with Crippen LogP contribution in [-0.4, -0.2) is 23.3 Å². The van der Waals surface area contributed by atoms with Crippen LogP contribution < -0.4 is 5.32 Å². The van der Waals surface area contributed by atoms with Crippen LogP contribution in [0.3, 0.4) is 0 Å². The van der Waals surface area contributed by atoms with Crippen molar-refractivity contribution >= 4 is 0 Å². The lowest BCUT2D eigenvalue weighted by molar-refractivity contribution is 0.402. The molecule has 0 aromatic heterocycles. The number of aromatic hydroxyl groups is 2. The molecule has 1 saturated heterocycles. The standard InChI is InChI=1S/C11H15NO2/c1-7-4-10(13)11(14)5-9(7)8-2-3-12-6-8/h4-5,8,12-14H,2-3,6H2,1H3. The van der Waals surface area contributed by atoms with Gasteiger partial charge in [-0.3, -0.25) is 0 Å². The number of rotatable bonds is 1. The van der Waals surface area contributed by atoms with Crippen LogP contribution in [0.5, 0.6) is 11.5 Å². The van der Waals surface area contributed by atoms with Gasteiger partial charge in [-0.1, -0.05) is 0 Å². The number of hydrogen-bond acceptors (Lipinski definition) is 3. The van der Waals surface area contributed by atoms with Crippen LogP contribution in [0.4, 0.5) is 0 Å². The van der Waals surface area contributed by atoms with Crippen molar-refractivity contribution in [3.8, 4) is 11.5 Å². The number of phenolic OH excluding ortho intramolecular Hbond substituents is 2. The molecule has 3 nitrogen and oxygen atoms in total. The maximum Gasteiger partial charge on any atom is 0.157 e.